The number of halogens is 1. The number of carbonyl (C=O) groups excluding carboxylic acids is 1. The second-order valence-corrected chi connectivity index (χ2v) is 6.05. The van der Waals surface area contributed by atoms with Crippen LogP contribution in [0.5, 0.6) is 5.75 Å². The van der Waals surface area contributed by atoms with Crippen LogP contribution in [0.3, 0.4) is 0 Å². The summed E-state index contributed by atoms with van der Waals surface area (Å²) in [6, 6.07) is 3.74. The fourth-order valence-corrected chi connectivity index (χ4v) is 2.51. The van der Waals surface area contributed by atoms with Crippen molar-refractivity contribution in [3.8, 4) is 5.75 Å². The Labute approximate surface area is 136 Å². The maximum absolute atomic E-state index is 11.8. The maximum atomic E-state index is 11.8. The minimum atomic E-state index is -1.13. The molecule has 0 heterocycles. The molecule has 2 rings (SSSR count). The number of amides is 1. The molecule has 7 heteroatoms. The lowest BCUT2D eigenvalue weighted by atomic mass is 10.1. The average Bonchev–Trinajstić information content (AvgIpc) is 3.28. The number of ether oxygens (including phenoxy) is 2. The van der Waals surface area contributed by atoms with E-state index < -0.39 is 17.9 Å². The molecule has 1 aromatic carbocycles. The smallest absolute Gasteiger partial charge is 0.330 e. The van der Waals surface area contributed by atoms with Gasteiger partial charge in [0.05, 0.1) is 18.2 Å². The molecule has 0 spiro atoms. The van der Waals surface area contributed by atoms with Crippen LogP contribution in [0, 0.1) is 5.92 Å². The van der Waals surface area contributed by atoms with E-state index in [1.165, 1.54) is 7.11 Å². The van der Waals surface area contributed by atoms with Gasteiger partial charge in [-0.1, -0.05) is 6.07 Å². The molecule has 1 amide bonds. The number of hydrogen-bond acceptors (Lipinski definition) is 4. The third-order valence-electron chi connectivity index (χ3n) is 3.35. The van der Waals surface area contributed by atoms with E-state index in [1.807, 2.05) is 0 Å². The highest BCUT2D eigenvalue weighted by Crippen LogP contribution is 2.29. The van der Waals surface area contributed by atoms with Crippen molar-refractivity contribution >= 4 is 27.8 Å². The number of carbonyl (C=O) groups is 2. The number of hydrogen-bond donors (Lipinski definition) is 2. The molecule has 22 heavy (non-hydrogen) atoms. The second kappa shape index (κ2) is 7.60. The molecule has 0 aromatic heterocycles. The molecule has 0 saturated heterocycles. The molecule has 1 aromatic rings. The summed E-state index contributed by atoms with van der Waals surface area (Å²) in [5, 5.41) is 11.8. The van der Waals surface area contributed by atoms with Crippen LogP contribution in [0.25, 0.3) is 0 Å². The Hall–Kier alpha value is -1.60. The van der Waals surface area contributed by atoms with Gasteiger partial charge in [0.25, 0.3) is 0 Å². The average molecular weight is 372 g/mol. The van der Waals surface area contributed by atoms with Crippen LogP contribution >= 0.6 is 15.9 Å². The molecule has 1 atom stereocenters. The normalized spacial score (nSPS) is 15.2. The lowest BCUT2D eigenvalue weighted by Gasteiger charge is -2.16. The maximum Gasteiger partial charge on any atom is 0.330 e. The molecule has 0 bridgehead atoms. The lowest BCUT2D eigenvalue weighted by Crippen LogP contribution is -2.36. The van der Waals surface area contributed by atoms with Crippen molar-refractivity contribution in [3.63, 3.8) is 0 Å². The van der Waals surface area contributed by atoms with Crippen LogP contribution in [-0.4, -0.2) is 37.3 Å². The molecule has 0 aliphatic heterocycles. The molecule has 1 aliphatic carbocycles. The molecule has 6 nitrogen and oxygen atoms in total. The van der Waals surface area contributed by atoms with Crippen molar-refractivity contribution in [2.24, 2.45) is 5.92 Å². The molecule has 1 saturated carbocycles. The Morgan fingerprint density at radius 2 is 2.18 bits per heavy atom. The second-order valence-electron chi connectivity index (χ2n) is 5.19. The zero-order valence-electron chi connectivity index (χ0n) is 12.2. The fourth-order valence-electron chi connectivity index (χ4n) is 1.96. The summed E-state index contributed by atoms with van der Waals surface area (Å²) in [6.45, 7) is 0.427. The van der Waals surface area contributed by atoms with E-state index in [9.17, 15) is 14.7 Å². The van der Waals surface area contributed by atoms with Gasteiger partial charge in [-0.05, 0) is 52.4 Å². The monoisotopic (exact) mass is 371 g/mol. The number of carboxylic acids is 1. The number of nitrogens with one attached hydrogen (secondary N) is 1. The zero-order valence-corrected chi connectivity index (χ0v) is 13.8. The van der Waals surface area contributed by atoms with Gasteiger partial charge in [0, 0.05) is 0 Å². The Morgan fingerprint density at radius 3 is 2.73 bits per heavy atom. The third kappa shape index (κ3) is 4.71. The van der Waals surface area contributed by atoms with Crippen LogP contribution in [0.15, 0.2) is 22.7 Å². The van der Waals surface area contributed by atoms with Gasteiger partial charge < -0.3 is 19.9 Å². The molecule has 1 aliphatic rings. The Kier molecular flexibility index (Phi) is 5.79. The van der Waals surface area contributed by atoms with E-state index >= 15 is 0 Å². The quantitative estimate of drug-likeness (QED) is 0.730. The van der Waals surface area contributed by atoms with Crippen molar-refractivity contribution < 1.29 is 24.2 Å². The fraction of sp³-hybridized carbons (Fsp3) is 0.467. The van der Waals surface area contributed by atoms with Crippen molar-refractivity contribution in [2.75, 3.05) is 20.3 Å². The van der Waals surface area contributed by atoms with E-state index in [2.05, 4.69) is 21.2 Å². The van der Waals surface area contributed by atoms with E-state index in [1.54, 1.807) is 18.2 Å². The summed E-state index contributed by atoms with van der Waals surface area (Å²) in [4.78, 5) is 23.2. The minimum Gasteiger partial charge on any atom is -0.496 e. The van der Waals surface area contributed by atoms with Crippen molar-refractivity contribution in [1.82, 2.24) is 5.32 Å². The summed E-state index contributed by atoms with van der Waals surface area (Å²) in [5.41, 5.74) is 0.454. The van der Waals surface area contributed by atoms with E-state index in [0.29, 0.717) is 28.3 Å². The molecule has 120 valence electrons. The van der Waals surface area contributed by atoms with Crippen molar-refractivity contribution in [1.29, 1.82) is 0 Å². The first kappa shape index (κ1) is 16.8. The highest BCUT2D eigenvalue weighted by atomic mass is 79.9. The summed E-state index contributed by atoms with van der Waals surface area (Å²) in [7, 11) is 1.52. The van der Waals surface area contributed by atoms with Gasteiger partial charge >= 0.3 is 5.97 Å². The van der Waals surface area contributed by atoms with Gasteiger partial charge in [-0.25, -0.2) is 4.79 Å². The van der Waals surface area contributed by atoms with Crippen LogP contribution in [0.2, 0.25) is 0 Å². The first-order valence-electron chi connectivity index (χ1n) is 6.94. The van der Waals surface area contributed by atoms with Crippen molar-refractivity contribution in [2.45, 2.75) is 18.9 Å². The largest absolute Gasteiger partial charge is 0.496 e. The van der Waals surface area contributed by atoms with Crippen LogP contribution < -0.4 is 10.1 Å². The Morgan fingerprint density at radius 1 is 1.45 bits per heavy atom. The standard InChI is InChI=1S/C15H18BrNO5/c1-21-12-5-4-10(6-11(12)16)14(15(19)20)17-13(18)8-22-7-9-2-3-9/h4-6,9,14H,2-3,7-8H2,1H3,(H,17,18)(H,19,20). The molecular weight excluding hydrogens is 354 g/mol. The lowest BCUT2D eigenvalue weighted by molar-refractivity contribution is -0.142. The number of carboxylic acid groups (broad SMARTS) is 1. The summed E-state index contributed by atoms with van der Waals surface area (Å²) in [5.74, 6) is -0.430. The highest BCUT2D eigenvalue weighted by Gasteiger charge is 2.24. The third-order valence-corrected chi connectivity index (χ3v) is 3.96. The summed E-state index contributed by atoms with van der Waals surface area (Å²) >= 11 is 3.30. The number of methoxy groups -OCH3 is 1. The Balaban J connectivity index is 1.97. The van der Waals surface area contributed by atoms with Gasteiger partial charge in [0.1, 0.15) is 12.4 Å². The molecule has 1 unspecified atom stereocenters. The minimum absolute atomic E-state index is 0.127. The number of aliphatic carboxylic acids is 1. The summed E-state index contributed by atoms with van der Waals surface area (Å²) in [6.07, 6.45) is 2.28. The van der Waals surface area contributed by atoms with Gasteiger partial charge in [0.15, 0.2) is 6.04 Å². The first-order chi connectivity index (χ1) is 10.5. The van der Waals surface area contributed by atoms with Crippen LogP contribution in [0.4, 0.5) is 0 Å². The van der Waals surface area contributed by atoms with E-state index in [-0.39, 0.29) is 6.61 Å². The van der Waals surface area contributed by atoms with Gasteiger partial charge in [0.2, 0.25) is 5.91 Å². The van der Waals surface area contributed by atoms with Gasteiger partial charge in [-0.2, -0.15) is 0 Å². The first-order valence-corrected chi connectivity index (χ1v) is 7.74. The van der Waals surface area contributed by atoms with E-state index in [0.717, 1.165) is 12.8 Å². The van der Waals surface area contributed by atoms with Crippen molar-refractivity contribution in [3.05, 3.63) is 28.2 Å². The SMILES string of the molecule is COc1ccc(C(NC(=O)COCC2CC2)C(=O)O)cc1Br. The zero-order chi connectivity index (χ0) is 16.1. The van der Waals surface area contributed by atoms with Crippen LogP contribution in [0.1, 0.15) is 24.4 Å². The number of rotatable bonds is 8. The molecule has 2 N–H and O–H groups in total. The highest BCUT2D eigenvalue weighted by molar-refractivity contribution is 9.10. The summed E-state index contributed by atoms with van der Waals surface area (Å²) < 4.78 is 11.0. The predicted molar refractivity (Wildman–Crippen MR) is 82.8 cm³/mol. The molecule has 1 fully saturated rings. The predicted octanol–water partition coefficient (Wildman–Crippen LogP) is 2.13. The number of benzene rings is 1. The van der Waals surface area contributed by atoms with Gasteiger partial charge in [-0.15, -0.1) is 0 Å². The topological polar surface area (TPSA) is 84.9 Å². The van der Waals surface area contributed by atoms with E-state index in [4.69, 9.17) is 9.47 Å². The van der Waals surface area contributed by atoms with Gasteiger partial charge in [-0.3, -0.25) is 4.79 Å². The molecule has 0 radical (unpaired) electrons. The van der Waals surface area contributed by atoms with Crippen LogP contribution in [-0.2, 0) is 14.3 Å². The molecular formula is C15H18BrNO5. The Bertz CT molecular complexity index is 559.